The molecule has 0 aliphatic carbocycles. The van der Waals surface area contributed by atoms with Crippen molar-refractivity contribution in [2.24, 2.45) is 11.8 Å². The lowest BCUT2D eigenvalue weighted by Gasteiger charge is -2.35. The van der Waals surface area contributed by atoms with E-state index < -0.39 is 0 Å². The average molecular weight is 246 g/mol. The van der Waals surface area contributed by atoms with Crippen LogP contribution in [0.1, 0.15) is 19.4 Å². The molecule has 2 unspecified atom stereocenters. The van der Waals surface area contributed by atoms with Gasteiger partial charge in [-0.25, -0.2) is 0 Å². The number of rotatable bonds is 2. The molecule has 98 valence electrons. The van der Waals surface area contributed by atoms with Gasteiger partial charge in [-0.3, -0.25) is 4.90 Å². The molecule has 0 bridgehead atoms. The highest BCUT2D eigenvalue weighted by molar-refractivity contribution is 5.27. The van der Waals surface area contributed by atoms with Gasteiger partial charge in [0.15, 0.2) is 0 Å². The molecule has 2 N–H and O–H groups in total. The summed E-state index contributed by atoms with van der Waals surface area (Å²) in [4.78, 5) is 2.57. The predicted octanol–water partition coefficient (Wildman–Crippen LogP) is 1.82. The Morgan fingerprint density at radius 3 is 2.94 bits per heavy atom. The Labute approximate surface area is 109 Å². The SMILES string of the molecule is CC1(C)C2CNCC2CN1Cc1cccc(O)c1. The molecule has 1 aromatic rings. The van der Waals surface area contributed by atoms with Crippen LogP contribution in [-0.4, -0.2) is 35.2 Å². The van der Waals surface area contributed by atoms with Gasteiger partial charge in [0.1, 0.15) is 5.75 Å². The quantitative estimate of drug-likeness (QED) is 0.835. The summed E-state index contributed by atoms with van der Waals surface area (Å²) in [6.45, 7) is 9.12. The van der Waals surface area contributed by atoms with Crippen LogP contribution in [0.3, 0.4) is 0 Å². The molecular formula is C15H22N2O. The van der Waals surface area contributed by atoms with E-state index >= 15 is 0 Å². The highest BCUT2D eigenvalue weighted by Crippen LogP contribution is 2.41. The topological polar surface area (TPSA) is 35.5 Å². The van der Waals surface area contributed by atoms with Crippen LogP contribution in [0.4, 0.5) is 0 Å². The van der Waals surface area contributed by atoms with Crippen molar-refractivity contribution in [2.75, 3.05) is 19.6 Å². The minimum absolute atomic E-state index is 0.250. The van der Waals surface area contributed by atoms with Gasteiger partial charge in [0.2, 0.25) is 0 Å². The Kier molecular flexibility index (Phi) is 2.83. The molecule has 3 nitrogen and oxygen atoms in total. The van der Waals surface area contributed by atoms with Crippen LogP contribution in [-0.2, 0) is 6.54 Å². The third kappa shape index (κ3) is 1.91. The van der Waals surface area contributed by atoms with Gasteiger partial charge in [0.25, 0.3) is 0 Å². The molecule has 2 fully saturated rings. The highest BCUT2D eigenvalue weighted by atomic mass is 16.3. The fraction of sp³-hybridized carbons (Fsp3) is 0.600. The third-order valence-corrected chi connectivity index (χ3v) is 4.80. The Bertz CT molecular complexity index is 444. The molecular weight excluding hydrogens is 224 g/mol. The molecule has 2 saturated heterocycles. The summed E-state index contributed by atoms with van der Waals surface area (Å²) in [5, 5.41) is 13.1. The maximum Gasteiger partial charge on any atom is 0.115 e. The average Bonchev–Trinajstić information content (AvgIpc) is 2.84. The number of fused-ring (bicyclic) bond motifs is 1. The smallest absolute Gasteiger partial charge is 0.115 e. The molecule has 1 aromatic carbocycles. The number of nitrogens with zero attached hydrogens (tertiary/aromatic N) is 1. The molecule has 3 rings (SSSR count). The number of phenols is 1. The van der Waals surface area contributed by atoms with E-state index in [1.807, 2.05) is 12.1 Å². The Balaban J connectivity index is 1.77. The predicted molar refractivity (Wildman–Crippen MR) is 72.4 cm³/mol. The van der Waals surface area contributed by atoms with E-state index in [-0.39, 0.29) is 5.54 Å². The Morgan fingerprint density at radius 2 is 2.22 bits per heavy atom. The molecule has 0 aromatic heterocycles. The summed E-state index contributed by atoms with van der Waals surface area (Å²) >= 11 is 0. The zero-order valence-electron chi connectivity index (χ0n) is 11.2. The summed E-state index contributed by atoms with van der Waals surface area (Å²) in [6, 6.07) is 7.64. The maximum absolute atomic E-state index is 9.55. The second kappa shape index (κ2) is 4.25. The second-order valence-electron chi connectivity index (χ2n) is 6.23. The molecule has 3 heteroatoms. The molecule has 2 heterocycles. The highest BCUT2D eigenvalue weighted by Gasteiger charge is 2.49. The van der Waals surface area contributed by atoms with Gasteiger partial charge in [-0.15, -0.1) is 0 Å². The number of phenolic OH excluding ortho intramolecular Hbond substituents is 1. The van der Waals surface area contributed by atoms with Crippen LogP contribution in [0, 0.1) is 11.8 Å². The lowest BCUT2D eigenvalue weighted by atomic mass is 9.85. The first-order valence-electron chi connectivity index (χ1n) is 6.81. The first kappa shape index (κ1) is 12.0. The minimum Gasteiger partial charge on any atom is -0.508 e. The molecule has 0 saturated carbocycles. The van der Waals surface area contributed by atoms with E-state index in [1.165, 1.54) is 12.1 Å². The number of nitrogens with one attached hydrogen (secondary N) is 1. The van der Waals surface area contributed by atoms with Gasteiger partial charge < -0.3 is 10.4 Å². The van der Waals surface area contributed by atoms with Crippen LogP contribution in [0.15, 0.2) is 24.3 Å². The van der Waals surface area contributed by atoms with Crippen molar-refractivity contribution >= 4 is 0 Å². The van der Waals surface area contributed by atoms with Gasteiger partial charge in [-0.05, 0) is 49.9 Å². The lowest BCUT2D eigenvalue weighted by Crippen LogP contribution is -2.43. The van der Waals surface area contributed by atoms with Crippen LogP contribution in [0.5, 0.6) is 5.75 Å². The van der Waals surface area contributed by atoms with E-state index in [9.17, 15) is 5.11 Å². The van der Waals surface area contributed by atoms with Crippen LogP contribution < -0.4 is 5.32 Å². The number of aromatic hydroxyl groups is 1. The monoisotopic (exact) mass is 246 g/mol. The van der Waals surface area contributed by atoms with E-state index in [2.05, 4.69) is 30.1 Å². The van der Waals surface area contributed by atoms with Crippen molar-refractivity contribution in [3.8, 4) is 5.75 Å². The third-order valence-electron chi connectivity index (χ3n) is 4.80. The Morgan fingerprint density at radius 1 is 1.39 bits per heavy atom. The molecule has 2 aliphatic rings. The fourth-order valence-electron chi connectivity index (χ4n) is 3.65. The maximum atomic E-state index is 9.55. The largest absolute Gasteiger partial charge is 0.508 e. The molecule has 0 radical (unpaired) electrons. The van der Waals surface area contributed by atoms with Crippen molar-refractivity contribution in [1.82, 2.24) is 10.2 Å². The molecule has 18 heavy (non-hydrogen) atoms. The summed E-state index contributed by atoms with van der Waals surface area (Å²) < 4.78 is 0. The van der Waals surface area contributed by atoms with Crippen molar-refractivity contribution in [1.29, 1.82) is 0 Å². The van der Waals surface area contributed by atoms with E-state index in [4.69, 9.17) is 0 Å². The fourth-order valence-corrected chi connectivity index (χ4v) is 3.65. The molecule has 0 spiro atoms. The number of hydrogen-bond acceptors (Lipinski definition) is 3. The zero-order chi connectivity index (χ0) is 12.8. The van der Waals surface area contributed by atoms with Gasteiger partial charge >= 0.3 is 0 Å². The van der Waals surface area contributed by atoms with Gasteiger partial charge in [0.05, 0.1) is 0 Å². The number of hydrogen-bond donors (Lipinski definition) is 2. The number of benzene rings is 1. The Hall–Kier alpha value is -1.06. The van der Waals surface area contributed by atoms with Crippen molar-refractivity contribution < 1.29 is 5.11 Å². The van der Waals surface area contributed by atoms with Crippen LogP contribution >= 0.6 is 0 Å². The minimum atomic E-state index is 0.250. The summed E-state index contributed by atoms with van der Waals surface area (Å²) in [6.07, 6.45) is 0. The molecule has 2 aliphatic heterocycles. The van der Waals surface area contributed by atoms with Gasteiger partial charge in [-0.1, -0.05) is 12.1 Å². The van der Waals surface area contributed by atoms with E-state index in [0.717, 1.165) is 31.5 Å². The summed E-state index contributed by atoms with van der Waals surface area (Å²) in [5.41, 5.74) is 1.45. The van der Waals surface area contributed by atoms with Gasteiger partial charge in [-0.2, -0.15) is 0 Å². The van der Waals surface area contributed by atoms with Crippen molar-refractivity contribution in [3.63, 3.8) is 0 Å². The first-order chi connectivity index (χ1) is 8.57. The lowest BCUT2D eigenvalue weighted by molar-refractivity contribution is 0.132. The number of likely N-dealkylation sites (tertiary alicyclic amines) is 1. The summed E-state index contributed by atoms with van der Waals surface area (Å²) in [5.74, 6) is 1.92. The summed E-state index contributed by atoms with van der Waals surface area (Å²) in [7, 11) is 0. The molecule has 2 atom stereocenters. The van der Waals surface area contributed by atoms with Crippen LogP contribution in [0.25, 0.3) is 0 Å². The van der Waals surface area contributed by atoms with Crippen molar-refractivity contribution in [3.05, 3.63) is 29.8 Å². The standard InChI is InChI=1S/C15H22N2O/c1-15(2)14-8-16-7-12(14)10-17(15)9-11-4-3-5-13(18)6-11/h3-6,12,14,16,18H,7-10H2,1-2H3. The normalized spacial score (nSPS) is 30.6. The van der Waals surface area contributed by atoms with E-state index in [1.54, 1.807) is 6.07 Å². The molecule has 0 amide bonds. The second-order valence-corrected chi connectivity index (χ2v) is 6.23. The van der Waals surface area contributed by atoms with E-state index in [0.29, 0.717) is 5.75 Å². The van der Waals surface area contributed by atoms with Gasteiger partial charge in [0, 0.05) is 25.2 Å². The zero-order valence-corrected chi connectivity index (χ0v) is 11.2. The van der Waals surface area contributed by atoms with Crippen LogP contribution in [0.2, 0.25) is 0 Å². The first-order valence-corrected chi connectivity index (χ1v) is 6.81. The van der Waals surface area contributed by atoms with Crippen molar-refractivity contribution in [2.45, 2.75) is 25.9 Å².